The molecule has 0 amide bonds. The number of nitrogens with one attached hydrogen (secondary N) is 1. The topological polar surface area (TPSA) is 100.0 Å². The Balaban J connectivity index is 1.35. The third kappa shape index (κ3) is 3.35. The highest BCUT2D eigenvalue weighted by Crippen LogP contribution is 2.34. The summed E-state index contributed by atoms with van der Waals surface area (Å²) in [5.74, 6) is 1.57. The highest BCUT2D eigenvalue weighted by molar-refractivity contribution is 7.09. The van der Waals surface area contributed by atoms with Gasteiger partial charge in [-0.2, -0.15) is 4.37 Å². The predicted octanol–water partition coefficient (Wildman–Crippen LogP) is 1.95. The second-order valence-corrected chi connectivity index (χ2v) is 7.75. The number of nitrogens with zero attached hydrogens (tertiary/aromatic N) is 6. The molecule has 3 aromatic rings. The van der Waals surface area contributed by atoms with Gasteiger partial charge in [-0.05, 0) is 42.4 Å². The van der Waals surface area contributed by atoms with E-state index in [4.69, 9.17) is 0 Å². The summed E-state index contributed by atoms with van der Waals surface area (Å²) in [6, 6.07) is 5.90. The molecule has 1 aliphatic heterocycles. The lowest BCUT2D eigenvalue weighted by atomic mass is 10.1. The molecule has 2 aliphatic rings. The highest BCUT2D eigenvalue weighted by Gasteiger charge is 2.34. The minimum atomic E-state index is 0.127. The largest absolute Gasteiger partial charge is 0.507 e. The monoisotopic (exact) mass is 381 g/mol. The number of phenolic OH excluding ortho intramolecular Hbond substituents is 1. The second kappa shape index (κ2) is 6.82. The van der Waals surface area contributed by atoms with Crippen molar-refractivity contribution in [3.63, 3.8) is 0 Å². The van der Waals surface area contributed by atoms with Crippen molar-refractivity contribution in [1.29, 1.82) is 0 Å². The van der Waals surface area contributed by atoms with Crippen LogP contribution in [0, 0.1) is 5.92 Å². The van der Waals surface area contributed by atoms with Gasteiger partial charge in [0.1, 0.15) is 22.8 Å². The molecule has 0 bridgehead atoms. The SMILES string of the molecule is Oc1cc(-c2ncns2)ccc1-c1cnc(N2CCN[C@@H](C3CC3)C2)nn1. The summed E-state index contributed by atoms with van der Waals surface area (Å²) in [5.41, 5.74) is 1.98. The van der Waals surface area contributed by atoms with E-state index in [2.05, 4.69) is 34.8 Å². The van der Waals surface area contributed by atoms with Crippen LogP contribution in [0.15, 0.2) is 30.7 Å². The molecule has 0 unspecified atom stereocenters. The zero-order valence-electron chi connectivity index (χ0n) is 14.6. The molecule has 3 heterocycles. The average molecular weight is 381 g/mol. The Morgan fingerprint density at radius 2 is 2.11 bits per heavy atom. The fourth-order valence-corrected chi connectivity index (χ4v) is 4.01. The summed E-state index contributed by atoms with van der Waals surface area (Å²) in [7, 11) is 0. The molecule has 2 N–H and O–H groups in total. The van der Waals surface area contributed by atoms with Crippen LogP contribution < -0.4 is 10.2 Å². The number of benzene rings is 1. The molecular formula is C18H19N7OS. The van der Waals surface area contributed by atoms with Crippen LogP contribution in [0.5, 0.6) is 5.75 Å². The molecule has 0 radical (unpaired) electrons. The molecule has 1 saturated heterocycles. The first-order chi connectivity index (χ1) is 13.3. The lowest BCUT2D eigenvalue weighted by Gasteiger charge is -2.33. The van der Waals surface area contributed by atoms with Crippen LogP contribution in [0.2, 0.25) is 0 Å². The molecule has 1 saturated carbocycles. The Hall–Kier alpha value is -2.65. The summed E-state index contributed by atoms with van der Waals surface area (Å²) in [6.07, 6.45) is 5.81. The Morgan fingerprint density at radius 3 is 2.81 bits per heavy atom. The molecule has 9 heteroatoms. The molecule has 27 heavy (non-hydrogen) atoms. The molecule has 5 rings (SSSR count). The third-order valence-corrected chi connectivity index (χ3v) is 5.82. The maximum atomic E-state index is 10.4. The van der Waals surface area contributed by atoms with Crippen molar-refractivity contribution in [2.24, 2.45) is 5.92 Å². The van der Waals surface area contributed by atoms with Crippen molar-refractivity contribution in [1.82, 2.24) is 29.9 Å². The van der Waals surface area contributed by atoms with Crippen molar-refractivity contribution >= 4 is 17.5 Å². The smallest absolute Gasteiger partial charge is 0.245 e. The lowest BCUT2D eigenvalue weighted by molar-refractivity contribution is 0.414. The van der Waals surface area contributed by atoms with E-state index in [1.54, 1.807) is 12.3 Å². The minimum absolute atomic E-state index is 0.127. The molecule has 1 aromatic carbocycles. The Morgan fingerprint density at radius 1 is 1.19 bits per heavy atom. The molecule has 2 aromatic heterocycles. The number of aromatic hydroxyl groups is 1. The summed E-state index contributed by atoms with van der Waals surface area (Å²) in [5, 5.41) is 23.4. The minimum Gasteiger partial charge on any atom is -0.507 e. The molecule has 138 valence electrons. The van der Waals surface area contributed by atoms with Crippen molar-refractivity contribution in [3.05, 3.63) is 30.7 Å². The number of anilines is 1. The van der Waals surface area contributed by atoms with E-state index < -0.39 is 0 Å². The van der Waals surface area contributed by atoms with E-state index in [9.17, 15) is 5.11 Å². The van der Waals surface area contributed by atoms with E-state index in [0.29, 0.717) is 23.2 Å². The zero-order valence-corrected chi connectivity index (χ0v) is 15.4. The summed E-state index contributed by atoms with van der Waals surface area (Å²) in [6.45, 7) is 2.75. The summed E-state index contributed by atoms with van der Waals surface area (Å²) < 4.78 is 3.99. The van der Waals surface area contributed by atoms with Gasteiger partial charge in [0.05, 0.1) is 6.20 Å². The summed E-state index contributed by atoms with van der Waals surface area (Å²) >= 11 is 1.29. The molecule has 2 fully saturated rings. The second-order valence-electron chi connectivity index (χ2n) is 6.97. The maximum Gasteiger partial charge on any atom is 0.245 e. The quantitative estimate of drug-likeness (QED) is 0.707. The Kier molecular flexibility index (Phi) is 4.17. The fourth-order valence-electron chi connectivity index (χ4n) is 3.49. The van der Waals surface area contributed by atoms with Gasteiger partial charge >= 0.3 is 0 Å². The fraction of sp³-hybridized carbons (Fsp3) is 0.389. The normalized spacial score (nSPS) is 20.0. The molecule has 0 spiro atoms. The van der Waals surface area contributed by atoms with E-state index >= 15 is 0 Å². The number of aromatic nitrogens is 5. The van der Waals surface area contributed by atoms with E-state index in [1.807, 2.05) is 12.1 Å². The first kappa shape index (κ1) is 16.5. The molecule has 1 atom stereocenters. The third-order valence-electron chi connectivity index (χ3n) is 5.11. The number of hydrogen-bond donors (Lipinski definition) is 2. The van der Waals surface area contributed by atoms with Gasteiger partial charge in [0, 0.05) is 36.8 Å². The van der Waals surface area contributed by atoms with Gasteiger partial charge in [0.15, 0.2) is 0 Å². The summed E-state index contributed by atoms with van der Waals surface area (Å²) in [4.78, 5) is 10.9. The van der Waals surface area contributed by atoms with E-state index in [0.717, 1.165) is 36.1 Å². The Labute approximate surface area is 160 Å². The Bertz CT molecular complexity index is 927. The zero-order chi connectivity index (χ0) is 18.2. The first-order valence-corrected chi connectivity index (χ1v) is 9.84. The van der Waals surface area contributed by atoms with Crippen LogP contribution in [0.25, 0.3) is 21.8 Å². The van der Waals surface area contributed by atoms with E-state index in [1.165, 1.54) is 30.7 Å². The van der Waals surface area contributed by atoms with Gasteiger partial charge in [-0.1, -0.05) is 6.07 Å². The van der Waals surface area contributed by atoms with Gasteiger partial charge in [0.25, 0.3) is 0 Å². The molecular weight excluding hydrogens is 362 g/mol. The van der Waals surface area contributed by atoms with Crippen molar-refractivity contribution in [2.45, 2.75) is 18.9 Å². The lowest BCUT2D eigenvalue weighted by Crippen LogP contribution is -2.52. The van der Waals surface area contributed by atoms with E-state index in [-0.39, 0.29) is 5.75 Å². The van der Waals surface area contributed by atoms with Crippen molar-refractivity contribution in [3.8, 4) is 27.6 Å². The van der Waals surface area contributed by atoms with Crippen LogP contribution >= 0.6 is 11.5 Å². The molecule has 1 aliphatic carbocycles. The highest BCUT2D eigenvalue weighted by atomic mass is 32.1. The molecule has 8 nitrogen and oxygen atoms in total. The average Bonchev–Trinajstić information content (AvgIpc) is 3.42. The van der Waals surface area contributed by atoms with Crippen molar-refractivity contribution in [2.75, 3.05) is 24.5 Å². The predicted molar refractivity (Wildman–Crippen MR) is 103 cm³/mol. The first-order valence-electron chi connectivity index (χ1n) is 9.06. The van der Waals surface area contributed by atoms with Gasteiger partial charge in [-0.25, -0.2) is 9.97 Å². The van der Waals surface area contributed by atoms with Gasteiger partial charge in [-0.15, -0.1) is 10.2 Å². The number of piperazine rings is 1. The maximum absolute atomic E-state index is 10.4. The van der Waals surface area contributed by atoms with Crippen LogP contribution in [-0.4, -0.2) is 55.3 Å². The van der Waals surface area contributed by atoms with Crippen molar-refractivity contribution < 1.29 is 5.11 Å². The van der Waals surface area contributed by atoms with Gasteiger partial charge < -0.3 is 15.3 Å². The van der Waals surface area contributed by atoms with Gasteiger partial charge in [0.2, 0.25) is 5.95 Å². The number of phenols is 1. The number of hydrogen-bond acceptors (Lipinski definition) is 9. The van der Waals surface area contributed by atoms with Crippen LogP contribution in [0.1, 0.15) is 12.8 Å². The van der Waals surface area contributed by atoms with Crippen LogP contribution in [-0.2, 0) is 0 Å². The number of rotatable bonds is 4. The van der Waals surface area contributed by atoms with Crippen LogP contribution in [0.3, 0.4) is 0 Å². The van der Waals surface area contributed by atoms with Crippen LogP contribution in [0.4, 0.5) is 5.95 Å². The van der Waals surface area contributed by atoms with Gasteiger partial charge in [-0.3, -0.25) is 0 Å². The standard InChI is InChI=1S/C18H19N7OS/c26-16-7-12(17-21-10-22-27-17)3-4-13(16)14-8-20-18(24-23-14)25-6-5-19-15(9-25)11-1-2-11/h3-4,7-8,10-11,15,19,26H,1-2,5-6,9H2/t15-/m1/s1.